The van der Waals surface area contributed by atoms with Gasteiger partial charge in [-0.15, -0.1) is 0 Å². The Hall–Kier alpha value is -4.02. The summed E-state index contributed by atoms with van der Waals surface area (Å²) in [6, 6.07) is 14.4. The fraction of sp³-hybridized carbons (Fsp3) is 0.400. The molecule has 10 heteroatoms. The molecular formula is C30H36N8O2. The number of nitrogens with one attached hydrogen (secondary N) is 1. The third-order valence-electron chi connectivity index (χ3n) is 8.10. The predicted molar refractivity (Wildman–Crippen MR) is 158 cm³/mol. The molecule has 2 bridgehead atoms. The van der Waals surface area contributed by atoms with Gasteiger partial charge in [-0.25, -0.2) is 19.3 Å². The Bertz CT molecular complexity index is 1590. The van der Waals surface area contributed by atoms with Gasteiger partial charge in [0.25, 0.3) is 5.56 Å². The highest BCUT2D eigenvalue weighted by Gasteiger charge is 2.26. The number of anilines is 3. The number of hydrogen-bond acceptors (Lipinski definition) is 8. The summed E-state index contributed by atoms with van der Waals surface area (Å²) in [7, 11) is 4.31. The zero-order valence-electron chi connectivity index (χ0n) is 23.3. The lowest BCUT2D eigenvalue weighted by molar-refractivity contribution is 0.0443. The lowest BCUT2D eigenvalue weighted by atomic mass is 9.95. The first kappa shape index (κ1) is 26.2. The first-order valence-electron chi connectivity index (χ1n) is 13.9. The SMILES string of the molecule is CN(C)C1CCN(c2ccc(Nc3ncc4c(=O)n5n(c4n3)-c3cccc(n3)[C@@](C)(O)CC/C=C\C5)cc2)CC1. The molecule has 0 spiro atoms. The van der Waals surface area contributed by atoms with Gasteiger partial charge in [-0.05, 0) is 83.1 Å². The van der Waals surface area contributed by atoms with Crippen molar-refractivity contribution in [3.63, 3.8) is 0 Å². The summed E-state index contributed by atoms with van der Waals surface area (Å²) in [5.41, 5.74) is 1.81. The topological polar surface area (TPSA) is 104 Å². The van der Waals surface area contributed by atoms with Gasteiger partial charge in [0.05, 0.1) is 12.2 Å². The van der Waals surface area contributed by atoms with Crippen molar-refractivity contribution in [3.05, 3.63) is 76.9 Å². The van der Waals surface area contributed by atoms with Gasteiger partial charge >= 0.3 is 0 Å². The number of fused-ring (bicyclic) bond motifs is 6. The van der Waals surface area contributed by atoms with Gasteiger partial charge < -0.3 is 20.2 Å². The van der Waals surface area contributed by atoms with Crippen molar-refractivity contribution in [1.29, 1.82) is 0 Å². The minimum Gasteiger partial charge on any atom is -0.384 e. The van der Waals surface area contributed by atoms with E-state index in [9.17, 15) is 9.90 Å². The minimum absolute atomic E-state index is 0.188. The van der Waals surface area contributed by atoms with Crippen molar-refractivity contribution in [2.75, 3.05) is 37.4 Å². The van der Waals surface area contributed by atoms with E-state index < -0.39 is 5.60 Å². The molecule has 3 aromatic heterocycles. The average molecular weight is 541 g/mol. The zero-order valence-corrected chi connectivity index (χ0v) is 23.3. The Morgan fingerprint density at radius 3 is 2.58 bits per heavy atom. The Kier molecular flexibility index (Phi) is 6.89. The van der Waals surface area contributed by atoms with E-state index in [0.717, 1.165) is 31.6 Å². The molecule has 208 valence electrons. The molecule has 0 aliphatic carbocycles. The molecule has 10 nitrogen and oxygen atoms in total. The molecule has 1 fully saturated rings. The number of nitrogens with zero attached hydrogens (tertiary/aromatic N) is 7. The summed E-state index contributed by atoms with van der Waals surface area (Å²) < 4.78 is 3.33. The lowest BCUT2D eigenvalue weighted by Crippen LogP contribution is -2.41. The Balaban J connectivity index is 1.31. The Labute approximate surface area is 233 Å². The summed E-state index contributed by atoms with van der Waals surface area (Å²) in [5, 5.41) is 14.8. The molecule has 1 aromatic carbocycles. The van der Waals surface area contributed by atoms with E-state index >= 15 is 0 Å². The summed E-state index contributed by atoms with van der Waals surface area (Å²) in [5.74, 6) is 0.910. The standard InChI is InChI=1S/C30H36N8O2/c1-30(40)16-5-4-6-17-37-28(39)24-20-31-29(34-27(24)38(37)26-9-7-8-25(30)33-26)32-21-10-12-23(13-11-21)36-18-14-22(15-19-36)35(2)3/h4,6-13,20,22,40H,5,14-19H2,1-3H3,(H,31,32,34)/b6-4-/t30-/m0/s1. The molecule has 6 rings (SSSR count). The van der Waals surface area contributed by atoms with Gasteiger partial charge in [-0.3, -0.25) is 4.79 Å². The second-order valence-electron chi connectivity index (χ2n) is 11.1. The second-order valence-corrected chi connectivity index (χ2v) is 11.1. The van der Waals surface area contributed by atoms with Crippen LogP contribution in [0.3, 0.4) is 0 Å². The van der Waals surface area contributed by atoms with Crippen LogP contribution in [0.2, 0.25) is 0 Å². The van der Waals surface area contributed by atoms with Crippen molar-refractivity contribution in [1.82, 2.24) is 29.2 Å². The number of benzene rings is 1. The normalized spacial score (nSPS) is 20.8. The van der Waals surface area contributed by atoms with Gasteiger partial charge in [0.1, 0.15) is 11.0 Å². The summed E-state index contributed by atoms with van der Waals surface area (Å²) in [6.45, 7) is 4.22. The van der Waals surface area contributed by atoms with Crippen LogP contribution in [-0.2, 0) is 12.1 Å². The minimum atomic E-state index is -1.09. The molecule has 0 saturated carbocycles. The number of rotatable bonds is 4. The first-order chi connectivity index (χ1) is 19.3. The lowest BCUT2D eigenvalue weighted by Gasteiger charge is -2.36. The fourth-order valence-corrected chi connectivity index (χ4v) is 5.64. The van der Waals surface area contributed by atoms with E-state index in [1.807, 2.05) is 42.5 Å². The number of allylic oxidation sites excluding steroid dienone is 2. The van der Waals surface area contributed by atoms with Crippen LogP contribution in [0.15, 0.2) is 65.6 Å². The molecule has 2 N–H and O–H groups in total. The molecule has 1 saturated heterocycles. The van der Waals surface area contributed by atoms with Crippen LogP contribution in [0.25, 0.3) is 16.9 Å². The molecule has 0 amide bonds. The zero-order chi connectivity index (χ0) is 27.9. The summed E-state index contributed by atoms with van der Waals surface area (Å²) >= 11 is 0. The van der Waals surface area contributed by atoms with Gasteiger partial charge in [0.2, 0.25) is 5.95 Å². The van der Waals surface area contributed by atoms with Crippen LogP contribution in [-0.4, -0.2) is 67.5 Å². The maximum atomic E-state index is 13.4. The second kappa shape index (κ2) is 10.5. The molecule has 0 radical (unpaired) electrons. The van der Waals surface area contributed by atoms with Crippen LogP contribution in [0, 0.1) is 0 Å². The highest BCUT2D eigenvalue weighted by molar-refractivity contribution is 5.77. The number of hydrogen-bond donors (Lipinski definition) is 2. The van der Waals surface area contributed by atoms with Crippen molar-refractivity contribution in [2.45, 2.75) is 50.8 Å². The van der Waals surface area contributed by atoms with Crippen molar-refractivity contribution < 1.29 is 5.11 Å². The predicted octanol–water partition coefficient (Wildman–Crippen LogP) is 3.81. The number of piperidine rings is 1. The van der Waals surface area contributed by atoms with Gasteiger partial charge in [0.15, 0.2) is 11.5 Å². The van der Waals surface area contributed by atoms with E-state index in [1.165, 1.54) is 5.69 Å². The number of aliphatic hydroxyl groups is 1. The van der Waals surface area contributed by atoms with E-state index in [2.05, 4.69) is 46.3 Å². The molecular weight excluding hydrogens is 504 g/mol. The van der Waals surface area contributed by atoms with Crippen LogP contribution in [0.1, 0.15) is 38.3 Å². The molecule has 2 aliphatic heterocycles. The molecule has 1 atom stereocenters. The molecule has 2 aliphatic rings. The third kappa shape index (κ3) is 5.00. The first-order valence-corrected chi connectivity index (χ1v) is 13.9. The highest BCUT2D eigenvalue weighted by Crippen LogP contribution is 2.28. The average Bonchev–Trinajstić information content (AvgIpc) is 3.23. The summed E-state index contributed by atoms with van der Waals surface area (Å²) in [4.78, 5) is 32.1. The maximum absolute atomic E-state index is 13.4. The van der Waals surface area contributed by atoms with Gasteiger partial charge in [0, 0.05) is 36.7 Å². The third-order valence-corrected chi connectivity index (χ3v) is 8.10. The quantitative estimate of drug-likeness (QED) is 0.377. The summed E-state index contributed by atoms with van der Waals surface area (Å²) in [6.07, 6.45) is 9.03. The van der Waals surface area contributed by atoms with E-state index in [0.29, 0.717) is 53.9 Å². The van der Waals surface area contributed by atoms with Crippen LogP contribution < -0.4 is 15.8 Å². The van der Waals surface area contributed by atoms with E-state index in [4.69, 9.17) is 9.97 Å². The van der Waals surface area contributed by atoms with Crippen molar-refractivity contribution in [3.8, 4) is 5.82 Å². The molecule has 4 aromatic rings. The van der Waals surface area contributed by atoms with E-state index in [1.54, 1.807) is 22.5 Å². The van der Waals surface area contributed by atoms with Crippen LogP contribution in [0.4, 0.5) is 17.3 Å². The van der Waals surface area contributed by atoms with Gasteiger partial charge in [-0.2, -0.15) is 4.98 Å². The number of pyridine rings is 1. The van der Waals surface area contributed by atoms with Crippen LogP contribution >= 0.6 is 0 Å². The fourth-order valence-electron chi connectivity index (χ4n) is 5.64. The smallest absolute Gasteiger partial charge is 0.278 e. The monoisotopic (exact) mass is 540 g/mol. The Morgan fingerprint density at radius 1 is 1.05 bits per heavy atom. The molecule has 40 heavy (non-hydrogen) atoms. The van der Waals surface area contributed by atoms with Gasteiger partial charge in [-0.1, -0.05) is 18.2 Å². The highest BCUT2D eigenvalue weighted by atomic mass is 16.3. The van der Waals surface area contributed by atoms with Crippen molar-refractivity contribution in [2.24, 2.45) is 0 Å². The largest absolute Gasteiger partial charge is 0.384 e. The van der Waals surface area contributed by atoms with E-state index in [-0.39, 0.29) is 5.56 Å². The maximum Gasteiger partial charge on any atom is 0.278 e. The Morgan fingerprint density at radius 2 is 1.82 bits per heavy atom. The number of aromatic nitrogens is 5. The van der Waals surface area contributed by atoms with Crippen molar-refractivity contribution >= 4 is 28.4 Å². The molecule has 5 heterocycles. The molecule has 0 unspecified atom stereocenters. The van der Waals surface area contributed by atoms with Crippen LogP contribution in [0.5, 0.6) is 0 Å².